The highest BCUT2D eigenvalue weighted by molar-refractivity contribution is 5.88. The van der Waals surface area contributed by atoms with Crippen LogP contribution in [0, 0.1) is 6.92 Å². The highest BCUT2D eigenvalue weighted by Gasteiger charge is 2.69. The zero-order valence-corrected chi connectivity index (χ0v) is 22.7. The molecular formula is C27H33NO11. The van der Waals surface area contributed by atoms with Crippen molar-refractivity contribution in [2.75, 3.05) is 20.7 Å². The van der Waals surface area contributed by atoms with Crippen LogP contribution in [0.3, 0.4) is 0 Å². The maximum absolute atomic E-state index is 13.3. The van der Waals surface area contributed by atoms with Crippen LogP contribution in [-0.2, 0) is 38.8 Å². The standard InChI is InChI=1S/C27H33NO11/c1-13-7-8-17(35-6)20-19(13)26-11-12-28(5)14(2)27(26,34)10-9-18(23(26)39-20)38-25(33)22(37-16(4)30)21(24(31)32)36-15(3)29/h7-9,14,21-23,34H,10-12H2,1-6H3,(H,31,32)/t14-,21+,22+,23+,26+,27-/m1/s1. The first-order chi connectivity index (χ1) is 18.3. The van der Waals surface area contributed by atoms with E-state index in [0.29, 0.717) is 24.5 Å². The Labute approximate surface area is 225 Å². The number of hydrogen-bond acceptors (Lipinski definition) is 11. The number of aliphatic carboxylic acids is 1. The van der Waals surface area contributed by atoms with Crippen LogP contribution in [0.5, 0.6) is 11.5 Å². The second-order valence-corrected chi connectivity index (χ2v) is 10.2. The normalized spacial score (nSPS) is 28.8. The molecule has 0 radical (unpaired) electrons. The summed E-state index contributed by atoms with van der Waals surface area (Å²) in [6, 6.07) is 3.32. The molecule has 0 amide bonds. The van der Waals surface area contributed by atoms with Gasteiger partial charge in [0.2, 0.25) is 12.2 Å². The fraction of sp³-hybridized carbons (Fsp3) is 0.556. The summed E-state index contributed by atoms with van der Waals surface area (Å²) in [6.45, 7) is 6.36. The Morgan fingerprint density at radius 1 is 1.13 bits per heavy atom. The number of aryl methyl sites for hydroxylation is 1. The van der Waals surface area contributed by atoms with Crippen LogP contribution < -0.4 is 9.47 Å². The molecule has 4 rings (SSSR count). The van der Waals surface area contributed by atoms with E-state index in [2.05, 4.69) is 0 Å². The zero-order valence-electron chi connectivity index (χ0n) is 22.7. The van der Waals surface area contributed by atoms with Gasteiger partial charge in [-0.15, -0.1) is 0 Å². The number of nitrogens with zero attached hydrogens (tertiary/aromatic N) is 1. The number of esters is 3. The number of piperidine rings is 1. The van der Waals surface area contributed by atoms with E-state index in [4.69, 9.17) is 23.7 Å². The summed E-state index contributed by atoms with van der Waals surface area (Å²) in [5.74, 6) is -4.07. The molecule has 2 N–H and O–H groups in total. The van der Waals surface area contributed by atoms with Crippen molar-refractivity contribution in [2.24, 2.45) is 0 Å². The van der Waals surface area contributed by atoms with Crippen molar-refractivity contribution in [3.8, 4) is 11.5 Å². The Balaban J connectivity index is 1.80. The Kier molecular flexibility index (Phi) is 7.39. The van der Waals surface area contributed by atoms with Crippen molar-refractivity contribution in [1.82, 2.24) is 4.90 Å². The number of benzene rings is 1. The van der Waals surface area contributed by atoms with Gasteiger partial charge in [-0.2, -0.15) is 0 Å². The van der Waals surface area contributed by atoms with Gasteiger partial charge in [-0.25, -0.2) is 9.59 Å². The lowest BCUT2D eigenvalue weighted by Gasteiger charge is -2.58. The minimum absolute atomic E-state index is 0.0168. The minimum atomic E-state index is -2.14. The molecule has 1 spiro atoms. The monoisotopic (exact) mass is 547 g/mol. The number of aliphatic hydroxyl groups is 1. The van der Waals surface area contributed by atoms with E-state index in [1.54, 1.807) is 6.07 Å². The summed E-state index contributed by atoms with van der Waals surface area (Å²) in [5.41, 5.74) is -0.777. The summed E-state index contributed by atoms with van der Waals surface area (Å²) in [4.78, 5) is 50.5. The Bertz CT molecular complexity index is 1240. The smallest absolute Gasteiger partial charge is 0.357 e. The van der Waals surface area contributed by atoms with Crippen LogP contribution in [0.2, 0.25) is 0 Å². The molecule has 2 heterocycles. The number of likely N-dealkylation sites (N-methyl/N-ethyl adjacent to an activating group) is 1. The minimum Gasteiger partial charge on any atom is -0.493 e. The molecule has 0 aromatic heterocycles. The van der Waals surface area contributed by atoms with Crippen LogP contribution in [0.1, 0.15) is 44.7 Å². The van der Waals surface area contributed by atoms with Crippen molar-refractivity contribution >= 4 is 23.9 Å². The topological polar surface area (TPSA) is 158 Å². The fourth-order valence-corrected chi connectivity index (χ4v) is 6.16. The molecule has 12 nitrogen and oxygen atoms in total. The van der Waals surface area contributed by atoms with E-state index in [9.17, 15) is 29.4 Å². The van der Waals surface area contributed by atoms with Crippen molar-refractivity contribution in [1.29, 1.82) is 0 Å². The number of carboxylic acids is 1. The Hall–Kier alpha value is -3.64. The number of rotatable bonds is 7. The maximum Gasteiger partial charge on any atom is 0.357 e. The lowest BCUT2D eigenvalue weighted by molar-refractivity contribution is -0.189. The summed E-state index contributed by atoms with van der Waals surface area (Å²) < 4.78 is 27.4. The van der Waals surface area contributed by atoms with Gasteiger partial charge in [0, 0.05) is 31.9 Å². The van der Waals surface area contributed by atoms with Crippen molar-refractivity contribution in [2.45, 2.75) is 75.9 Å². The number of carbonyl (C=O) groups is 4. The molecule has 1 saturated heterocycles. The second kappa shape index (κ2) is 10.2. The Morgan fingerprint density at radius 3 is 2.36 bits per heavy atom. The summed E-state index contributed by atoms with van der Waals surface area (Å²) >= 11 is 0. The van der Waals surface area contributed by atoms with Crippen LogP contribution in [0.25, 0.3) is 0 Å². The summed E-state index contributed by atoms with van der Waals surface area (Å²) in [5, 5.41) is 21.9. The van der Waals surface area contributed by atoms with Crippen molar-refractivity contribution in [3.05, 3.63) is 35.1 Å². The highest BCUT2D eigenvalue weighted by atomic mass is 16.6. The SMILES string of the molecule is COc1ccc(C)c2c1O[C@H]1C(OC(=O)[C@@H](OC(C)=O)[C@H](OC(C)=O)C(=O)O)=CC[C@@]3(O)[C@@H](C)N(C)CC[C@]213. The van der Waals surface area contributed by atoms with Gasteiger partial charge in [-0.1, -0.05) is 6.07 Å². The molecule has 0 saturated carbocycles. The first-order valence-electron chi connectivity index (χ1n) is 12.5. The molecule has 1 fully saturated rings. The number of ether oxygens (including phenoxy) is 5. The van der Waals surface area contributed by atoms with E-state index in [1.807, 2.05) is 31.9 Å². The molecule has 6 atom stereocenters. The largest absolute Gasteiger partial charge is 0.493 e. The van der Waals surface area contributed by atoms with Crippen molar-refractivity contribution in [3.63, 3.8) is 0 Å². The summed E-state index contributed by atoms with van der Waals surface area (Å²) in [6.07, 6.45) is -3.16. The Morgan fingerprint density at radius 2 is 1.77 bits per heavy atom. The van der Waals surface area contributed by atoms with E-state index in [0.717, 1.165) is 25.0 Å². The zero-order chi connectivity index (χ0) is 28.9. The third-order valence-corrected chi connectivity index (χ3v) is 8.09. The average molecular weight is 548 g/mol. The van der Waals surface area contributed by atoms with Crippen LogP contribution in [0.15, 0.2) is 24.0 Å². The van der Waals surface area contributed by atoms with Gasteiger partial charge in [0.25, 0.3) is 0 Å². The van der Waals surface area contributed by atoms with Gasteiger partial charge < -0.3 is 38.8 Å². The predicted molar refractivity (Wildman–Crippen MR) is 133 cm³/mol. The molecule has 1 aromatic carbocycles. The number of carbonyl (C=O) groups excluding carboxylic acids is 3. The molecule has 0 bridgehead atoms. The second-order valence-electron chi connectivity index (χ2n) is 10.2. The number of hydrogen-bond donors (Lipinski definition) is 2. The van der Waals surface area contributed by atoms with Gasteiger partial charge in [0.05, 0.1) is 18.1 Å². The highest BCUT2D eigenvalue weighted by Crippen LogP contribution is 2.62. The first-order valence-corrected chi connectivity index (χ1v) is 12.5. The van der Waals surface area contributed by atoms with E-state index in [1.165, 1.54) is 13.2 Å². The molecule has 39 heavy (non-hydrogen) atoms. The summed E-state index contributed by atoms with van der Waals surface area (Å²) in [7, 11) is 3.42. The molecule has 3 aliphatic rings. The molecule has 0 unspecified atom stereocenters. The molecule has 12 heteroatoms. The quantitative estimate of drug-likeness (QED) is 0.372. The van der Waals surface area contributed by atoms with Gasteiger partial charge >= 0.3 is 23.9 Å². The van der Waals surface area contributed by atoms with E-state index in [-0.39, 0.29) is 18.2 Å². The fourth-order valence-electron chi connectivity index (χ4n) is 6.16. The first kappa shape index (κ1) is 28.4. The third kappa shape index (κ3) is 4.41. The number of methoxy groups -OCH3 is 1. The number of fused-ring (bicyclic) bond motifs is 1. The predicted octanol–water partition coefficient (Wildman–Crippen LogP) is 1.24. The van der Waals surface area contributed by atoms with Crippen LogP contribution >= 0.6 is 0 Å². The van der Waals surface area contributed by atoms with Gasteiger partial charge in [-0.05, 0) is 51.6 Å². The van der Waals surface area contributed by atoms with E-state index >= 15 is 0 Å². The molecule has 1 aromatic rings. The average Bonchev–Trinajstić information content (AvgIpc) is 3.23. The van der Waals surface area contributed by atoms with E-state index < -0.39 is 53.2 Å². The van der Waals surface area contributed by atoms with Gasteiger partial charge in [0.1, 0.15) is 5.76 Å². The third-order valence-electron chi connectivity index (χ3n) is 8.09. The lowest BCUT2D eigenvalue weighted by Crippen LogP contribution is -2.71. The van der Waals surface area contributed by atoms with Crippen molar-refractivity contribution < 1.29 is 53.1 Å². The van der Waals surface area contributed by atoms with Gasteiger partial charge in [-0.3, -0.25) is 9.59 Å². The molecular weight excluding hydrogens is 514 g/mol. The van der Waals surface area contributed by atoms with Crippen LogP contribution in [0.4, 0.5) is 0 Å². The number of likely N-dealkylation sites (tertiary alicyclic amines) is 1. The molecule has 2 aliphatic heterocycles. The van der Waals surface area contributed by atoms with Crippen LogP contribution in [-0.4, -0.2) is 89.6 Å². The molecule has 1 aliphatic carbocycles. The maximum atomic E-state index is 13.3. The number of carboxylic acid groups (broad SMARTS) is 1. The lowest BCUT2D eigenvalue weighted by atomic mass is 9.54. The molecule has 212 valence electrons. The van der Waals surface area contributed by atoms with Gasteiger partial charge in [0.15, 0.2) is 17.6 Å².